The van der Waals surface area contributed by atoms with E-state index in [-0.39, 0.29) is 18.0 Å². The van der Waals surface area contributed by atoms with E-state index in [1.807, 2.05) is 0 Å². The van der Waals surface area contributed by atoms with Gasteiger partial charge in [0.05, 0.1) is 10.4 Å². The van der Waals surface area contributed by atoms with E-state index < -0.39 is 10.8 Å². The minimum Gasteiger partial charge on any atom is -0.396 e. The lowest BCUT2D eigenvalue weighted by Gasteiger charge is -2.01. The van der Waals surface area contributed by atoms with Crippen molar-refractivity contribution in [2.24, 2.45) is 0 Å². The van der Waals surface area contributed by atoms with Crippen LogP contribution in [-0.4, -0.2) is 39.3 Å². The Morgan fingerprint density at radius 3 is 3.00 bits per heavy atom. The molecule has 0 atom stereocenters. The van der Waals surface area contributed by atoms with Gasteiger partial charge >= 0.3 is 0 Å². The number of nitro benzene ring substituents is 1. The normalized spacial score (nSPS) is 10.6. The highest BCUT2D eigenvalue weighted by atomic mass is 16.6. The molecule has 100 valence electrons. The van der Waals surface area contributed by atoms with Crippen molar-refractivity contribution < 1.29 is 14.8 Å². The molecule has 0 aliphatic rings. The van der Waals surface area contributed by atoms with Gasteiger partial charge in [-0.25, -0.2) is 0 Å². The molecular formula is C11H12N4O4. The van der Waals surface area contributed by atoms with Crippen molar-refractivity contribution >= 4 is 22.5 Å². The van der Waals surface area contributed by atoms with Gasteiger partial charge in [-0.3, -0.25) is 20.0 Å². The van der Waals surface area contributed by atoms with Crippen molar-refractivity contribution in [1.29, 1.82) is 0 Å². The highest BCUT2D eigenvalue weighted by Gasteiger charge is 2.16. The van der Waals surface area contributed by atoms with Crippen molar-refractivity contribution in [3.63, 3.8) is 0 Å². The van der Waals surface area contributed by atoms with Crippen molar-refractivity contribution in [2.75, 3.05) is 13.2 Å². The average Bonchev–Trinajstić information content (AvgIpc) is 2.81. The SMILES string of the molecule is O=C(NCCCO)c1n[nH]c2ccc([N+](=O)[O-])cc12. The molecule has 2 aromatic rings. The first kappa shape index (κ1) is 13.0. The number of aromatic amines is 1. The molecule has 0 saturated carbocycles. The summed E-state index contributed by atoms with van der Waals surface area (Å²) in [5.74, 6) is -0.430. The molecule has 19 heavy (non-hydrogen) atoms. The minimum atomic E-state index is -0.528. The lowest BCUT2D eigenvalue weighted by atomic mass is 10.2. The van der Waals surface area contributed by atoms with Gasteiger partial charge in [-0.1, -0.05) is 0 Å². The van der Waals surface area contributed by atoms with Gasteiger partial charge in [0.15, 0.2) is 5.69 Å². The Morgan fingerprint density at radius 2 is 2.32 bits per heavy atom. The Kier molecular flexibility index (Phi) is 3.71. The smallest absolute Gasteiger partial charge is 0.272 e. The number of benzene rings is 1. The summed E-state index contributed by atoms with van der Waals surface area (Å²) in [6.45, 7) is 0.297. The second kappa shape index (κ2) is 5.44. The maximum atomic E-state index is 11.8. The summed E-state index contributed by atoms with van der Waals surface area (Å²) in [5.41, 5.74) is 0.563. The maximum absolute atomic E-state index is 11.8. The summed E-state index contributed by atoms with van der Waals surface area (Å²) >= 11 is 0. The molecule has 0 unspecified atom stereocenters. The molecule has 8 nitrogen and oxygen atoms in total. The van der Waals surface area contributed by atoms with Crippen LogP contribution in [0.1, 0.15) is 16.9 Å². The third-order valence-electron chi connectivity index (χ3n) is 2.59. The Balaban J connectivity index is 2.30. The molecule has 0 fully saturated rings. The minimum absolute atomic E-state index is 0.0208. The molecule has 0 aliphatic carbocycles. The van der Waals surface area contributed by atoms with Gasteiger partial charge in [0.2, 0.25) is 0 Å². The molecule has 1 heterocycles. The van der Waals surface area contributed by atoms with E-state index in [9.17, 15) is 14.9 Å². The second-order valence-corrected chi connectivity index (χ2v) is 3.89. The van der Waals surface area contributed by atoms with Crippen LogP contribution in [-0.2, 0) is 0 Å². The van der Waals surface area contributed by atoms with Crippen LogP contribution in [0, 0.1) is 10.1 Å². The molecule has 1 aromatic heterocycles. The molecule has 8 heteroatoms. The van der Waals surface area contributed by atoms with Gasteiger partial charge in [-0.15, -0.1) is 0 Å². The van der Waals surface area contributed by atoms with Crippen LogP contribution >= 0.6 is 0 Å². The Labute approximate surface area is 107 Å². The number of aliphatic hydroxyl groups excluding tert-OH is 1. The van der Waals surface area contributed by atoms with Crippen LogP contribution in [0.25, 0.3) is 10.9 Å². The third kappa shape index (κ3) is 2.68. The number of hydrogen-bond acceptors (Lipinski definition) is 5. The number of non-ortho nitro benzene ring substituents is 1. The molecular weight excluding hydrogens is 252 g/mol. The number of aromatic nitrogens is 2. The summed E-state index contributed by atoms with van der Waals surface area (Å²) in [7, 11) is 0. The fourth-order valence-corrected chi connectivity index (χ4v) is 1.65. The maximum Gasteiger partial charge on any atom is 0.272 e. The molecule has 1 aromatic carbocycles. The highest BCUT2D eigenvalue weighted by Crippen LogP contribution is 2.21. The van der Waals surface area contributed by atoms with E-state index >= 15 is 0 Å². The second-order valence-electron chi connectivity index (χ2n) is 3.89. The number of nitro groups is 1. The number of carbonyl (C=O) groups is 1. The fraction of sp³-hybridized carbons (Fsp3) is 0.273. The summed E-state index contributed by atoms with van der Waals surface area (Å²) in [6.07, 6.45) is 0.439. The third-order valence-corrected chi connectivity index (χ3v) is 2.59. The van der Waals surface area contributed by atoms with E-state index in [1.165, 1.54) is 18.2 Å². The van der Waals surface area contributed by atoms with Crippen molar-refractivity contribution in [3.8, 4) is 0 Å². The first-order chi connectivity index (χ1) is 9.13. The van der Waals surface area contributed by atoms with Gasteiger partial charge < -0.3 is 10.4 Å². The standard InChI is InChI=1S/C11H12N4O4/c16-5-1-4-12-11(17)10-8-6-7(15(18)19)2-3-9(8)13-14-10/h2-3,6,16H,1,4-5H2,(H,12,17)(H,13,14). The van der Waals surface area contributed by atoms with Crippen LogP contribution in [0.4, 0.5) is 5.69 Å². The molecule has 0 bridgehead atoms. The molecule has 1 amide bonds. The first-order valence-electron chi connectivity index (χ1n) is 5.65. The number of nitrogens with one attached hydrogen (secondary N) is 2. The summed E-state index contributed by atoms with van der Waals surface area (Å²) in [6, 6.07) is 4.15. The fourth-order valence-electron chi connectivity index (χ4n) is 1.65. The average molecular weight is 264 g/mol. The Hall–Kier alpha value is -2.48. The van der Waals surface area contributed by atoms with Crippen LogP contribution < -0.4 is 5.32 Å². The number of carbonyl (C=O) groups excluding carboxylic acids is 1. The van der Waals surface area contributed by atoms with Gasteiger partial charge in [-0.05, 0) is 12.5 Å². The molecule has 2 rings (SSSR count). The number of aliphatic hydroxyl groups is 1. The Morgan fingerprint density at radius 1 is 1.53 bits per heavy atom. The molecule has 0 saturated heterocycles. The summed E-state index contributed by atoms with van der Waals surface area (Å²) < 4.78 is 0. The number of amides is 1. The van der Waals surface area contributed by atoms with Crippen LogP contribution in [0.5, 0.6) is 0 Å². The van der Waals surface area contributed by atoms with Gasteiger partial charge in [-0.2, -0.15) is 5.10 Å². The van der Waals surface area contributed by atoms with Gasteiger partial charge in [0.25, 0.3) is 11.6 Å². The van der Waals surface area contributed by atoms with E-state index in [1.54, 1.807) is 0 Å². The number of hydrogen-bond donors (Lipinski definition) is 3. The quantitative estimate of drug-likeness (QED) is 0.414. The van der Waals surface area contributed by atoms with E-state index in [0.29, 0.717) is 23.9 Å². The largest absolute Gasteiger partial charge is 0.396 e. The van der Waals surface area contributed by atoms with Gasteiger partial charge in [0.1, 0.15) is 0 Å². The molecule has 0 radical (unpaired) electrons. The van der Waals surface area contributed by atoms with E-state index in [4.69, 9.17) is 5.11 Å². The predicted octanol–water partition coefficient (Wildman–Crippen LogP) is 0.583. The van der Waals surface area contributed by atoms with Gasteiger partial charge in [0, 0.05) is 30.7 Å². The molecule has 3 N–H and O–H groups in total. The molecule has 0 spiro atoms. The number of fused-ring (bicyclic) bond motifs is 1. The van der Waals surface area contributed by atoms with Crippen molar-refractivity contribution in [3.05, 3.63) is 34.0 Å². The number of nitrogens with zero attached hydrogens (tertiary/aromatic N) is 2. The zero-order valence-corrected chi connectivity index (χ0v) is 9.92. The van der Waals surface area contributed by atoms with E-state index in [2.05, 4.69) is 15.5 Å². The van der Waals surface area contributed by atoms with Crippen molar-refractivity contribution in [1.82, 2.24) is 15.5 Å². The lowest BCUT2D eigenvalue weighted by molar-refractivity contribution is -0.384. The van der Waals surface area contributed by atoms with Crippen molar-refractivity contribution in [2.45, 2.75) is 6.42 Å². The van der Waals surface area contributed by atoms with E-state index in [0.717, 1.165) is 0 Å². The summed E-state index contributed by atoms with van der Waals surface area (Å²) in [5, 5.41) is 28.8. The predicted molar refractivity (Wildman–Crippen MR) is 66.8 cm³/mol. The zero-order chi connectivity index (χ0) is 13.8. The number of rotatable bonds is 5. The topological polar surface area (TPSA) is 121 Å². The summed E-state index contributed by atoms with van der Waals surface area (Å²) in [4.78, 5) is 22.0. The van der Waals surface area contributed by atoms with Crippen LogP contribution in [0.2, 0.25) is 0 Å². The monoisotopic (exact) mass is 264 g/mol. The highest BCUT2D eigenvalue weighted by molar-refractivity contribution is 6.05. The first-order valence-corrected chi connectivity index (χ1v) is 5.65. The zero-order valence-electron chi connectivity index (χ0n) is 9.92. The molecule has 0 aliphatic heterocycles. The lowest BCUT2D eigenvalue weighted by Crippen LogP contribution is -2.25. The Bertz CT molecular complexity index is 622. The van der Waals surface area contributed by atoms with Crippen LogP contribution in [0.15, 0.2) is 18.2 Å². The van der Waals surface area contributed by atoms with Crippen LogP contribution in [0.3, 0.4) is 0 Å². The number of H-pyrrole nitrogens is 1.